The molecule has 0 bridgehead atoms. The summed E-state index contributed by atoms with van der Waals surface area (Å²) in [6, 6.07) is 5.97. The van der Waals surface area contributed by atoms with E-state index in [9.17, 15) is 4.79 Å². The lowest BCUT2D eigenvalue weighted by atomic mass is 10.1. The second-order valence-electron chi connectivity index (χ2n) is 5.32. The van der Waals surface area contributed by atoms with Crippen LogP contribution < -0.4 is 0 Å². The van der Waals surface area contributed by atoms with Crippen molar-refractivity contribution in [1.29, 1.82) is 0 Å². The Kier molecular flexibility index (Phi) is 4.41. The Bertz CT molecular complexity index is 591. The maximum absolute atomic E-state index is 12.5. The molecule has 0 N–H and O–H groups in total. The number of likely N-dealkylation sites (N-methyl/N-ethyl adjacent to an activating group) is 1. The molecule has 0 unspecified atom stereocenters. The molecule has 2 aromatic rings. The molecule has 1 amide bonds. The molecule has 5 heteroatoms. The van der Waals surface area contributed by atoms with Crippen LogP contribution in [0.15, 0.2) is 34.3 Å². The van der Waals surface area contributed by atoms with Crippen LogP contribution in [-0.4, -0.2) is 35.3 Å². The molecule has 3 rings (SSSR count). The summed E-state index contributed by atoms with van der Waals surface area (Å²) >= 11 is 1.80. The number of rotatable bonds is 5. The highest BCUT2D eigenvalue weighted by molar-refractivity contribution is 7.10. The smallest absolute Gasteiger partial charge is 0.237 e. The summed E-state index contributed by atoms with van der Waals surface area (Å²) in [7, 11) is 0. The number of amides is 1. The van der Waals surface area contributed by atoms with Gasteiger partial charge in [0.15, 0.2) is 0 Å². The molecule has 112 valence electrons. The van der Waals surface area contributed by atoms with Crippen molar-refractivity contribution in [2.24, 2.45) is 0 Å². The average Bonchev–Trinajstić information content (AvgIpc) is 3.16. The first-order valence-corrected chi connectivity index (χ1v) is 8.22. The van der Waals surface area contributed by atoms with Gasteiger partial charge in [0.1, 0.15) is 5.76 Å². The predicted octanol–water partition coefficient (Wildman–Crippen LogP) is 2.75. The number of fused-ring (bicyclic) bond motifs is 1. The van der Waals surface area contributed by atoms with Crippen LogP contribution in [0.3, 0.4) is 0 Å². The van der Waals surface area contributed by atoms with Gasteiger partial charge in [0.05, 0.1) is 19.4 Å². The van der Waals surface area contributed by atoms with Crippen LogP contribution in [0, 0.1) is 0 Å². The molecule has 0 spiro atoms. The molecule has 0 saturated carbocycles. The normalized spacial score (nSPS) is 14.5. The Morgan fingerprint density at radius 2 is 2.38 bits per heavy atom. The fourth-order valence-electron chi connectivity index (χ4n) is 2.66. The van der Waals surface area contributed by atoms with Crippen LogP contribution in [0.4, 0.5) is 0 Å². The largest absolute Gasteiger partial charge is 0.468 e. The highest BCUT2D eigenvalue weighted by atomic mass is 32.1. The molecule has 1 aliphatic rings. The highest BCUT2D eigenvalue weighted by Gasteiger charge is 2.22. The van der Waals surface area contributed by atoms with Crippen molar-refractivity contribution >= 4 is 17.2 Å². The Balaban J connectivity index is 1.58. The van der Waals surface area contributed by atoms with E-state index in [4.69, 9.17) is 4.42 Å². The maximum Gasteiger partial charge on any atom is 0.237 e. The minimum Gasteiger partial charge on any atom is -0.468 e. The molecular formula is C16H20N2O2S. The second kappa shape index (κ2) is 6.45. The van der Waals surface area contributed by atoms with Gasteiger partial charge in [-0.2, -0.15) is 0 Å². The molecule has 0 atom stereocenters. The zero-order valence-corrected chi connectivity index (χ0v) is 13.1. The highest BCUT2D eigenvalue weighted by Crippen LogP contribution is 2.24. The Morgan fingerprint density at radius 1 is 1.48 bits per heavy atom. The predicted molar refractivity (Wildman–Crippen MR) is 83.1 cm³/mol. The number of hydrogen-bond acceptors (Lipinski definition) is 4. The molecule has 0 saturated heterocycles. The molecule has 0 aliphatic carbocycles. The minimum atomic E-state index is 0.209. The fraction of sp³-hybridized carbons (Fsp3) is 0.438. The van der Waals surface area contributed by atoms with Gasteiger partial charge >= 0.3 is 0 Å². The van der Waals surface area contributed by atoms with E-state index < -0.39 is 0 Å². The Hall–Kier alpha value is -1.59. The Morgan fingerprint density at radius 3 is 3.14 bits per heavy atom. The van der Waals surface area contributed by atoms with E-state index in [1.54, 1.807) is 17.6 Å². The topological polar surface area (TPSA) is 36.7 Å². The first kappa shape index (κ1) is 14.4. The fourth-order valence-corrected chi connectivity index (χ4v) is 3.54. The van der Waals surface area contributed by atoms with Crippen LogP contribution >= 0.6 is 11.3 Å². The first-order valence-electron chi connectivity index (χ1n) is 7.34. The van der Waals surface area contributed by atoms with Gasteiger partial charge < -0.3 is 9.32 Å². The quantitative estimate of drug-likeness (QED) is 0.852. The lowest BCUT2D eigenvalue weighted by molar-refractivity contribution is -0.133. The van der Waals surface area contributed by atoms with Gasteiger partial charge in [-0.1, -0.05) is 6.92 Å². The van der Waals surface area contributed by atoms with Crippen molar-refractivity contribution < 1.29 is 9.21 Å². The van der Waals surface area contributed by atoms with Crippen molar-refractivity contribution in [2.45, 2.75) is 26.4 Å². The van der Waals surface area contributed by atoms with Gasteiger partial charge in [0.2, 0.25) is 5.91 Å². The maximum atomic E-state index is 12.5. The number of nitrogens with zero attached hydrogens (tertiary/aromatic N) is 2. The van der Waals surface area contributed by atoms with Gasteiger partial charge in [-0.3, -0.25) is 9.69 Å². The second-order valence-corrected chi connectivity index (χ2v) is 6.32. The molecule has 3 heterocycles. The third kappa shape index (κ3) is 3.36. The van der Waals surface area contributed by atoms with Crippen LogP contribution in [0.2, 0.25) is 0 Å². The molecule has 2 aromatic heterocycles. The molecule has 0 fully saturated rings. The first-order chi connectivity index (χ1) is 10.3. The van der Waals surface area contributed by atoms with Crippen LogP contribution in [-0.2, 0) is 24.3 Å². The third-order valence-corrected chi connectivity index (χ3v) is 4.95. The summed E-state index contributed by atoms with van der Waals surface area (Å²) in [6.45, 7) is 5.65. The summed E-state index contributed by atoms with van der Waals surface area (Å²) in [5, 5.41) is 2.12. The van der Waals surface area contributed by atoms with Gasteiger partial charge in [0, 0.05) is 18.0 Å². The number of furan rings is 1. The van der Waals surface area contributed by atoms with Gasteiger partial charge in [-0.15, -0.1) is 11.3 Å². The van der Waals surface area contributed by atoms with Gasteiger partial charge in [-0.05, 0) is 42.1 Å². The summed E-state index contributed by atoms with van der Waals surface area (Å²) in [5.74, 6) is 1.11. The van der Waals surface area contributed by atoms with Crippen LogP contribution in [0.25, 0.3) is 0 Å². The molecule has 1 aliphatic heterocycles. The van der Waals surface area contributed by atoms with E-state index in [2.05, 4.69) is 23.3 Å². The van der Waals surface area contributed by atoms with Crippen molar-refractivity contribution in [1.82, 2.24) is 9.80 Å². The molecular weight excluding hydrogens is 284 g/mol. The van der Waals surface area contributed by atoms with Gasteiger partial charge in [0.25, 0.3) is 0 Å². The van der Waals surface area contributed by atoms with E-state index in [1.165, 1.54) is 10.4 Å². The molecule has 21 heavy (non-hydrogen) atoms. The van der Waals surface area contributed by atoms with Gasteiger partial charge in [-0.25, -0.2) is 0 Å². The van der Waals surface area contributed by atoms with Crippen LogP contribution in [0.1, 0.15) is 23.1 Å². The van der Waals surface area contributed by atoms with Crippen molar-refractivity contribution in [3.05, 3.63) is 46.0 Å². The van der Waals surface area contributed by atoms with Crippen LogP contribution in [0.5, 0.6) is 0 Å². The monoisotopic (exact) mass is 304 g/mol. The van der Waals surface area contributed by atoms with E-state index in [1.807, 2.05) is 17.0 Å². The van der Waals surface area contributed by atoms with Crippen molar-refractivity contribution in [2.75, 3.05) is 19.6 Å². The zero-order chi connectivity index (χ0) is 14.7. The van der Waals surface area contributed by atoms with E-state index in [-0.39, 0.29) is 5.91 Å². The Labute approximate surface area is 129 Å². The molecule has 0 aromatic carbocycles. The number of thiophene rings is 1. The van der Waals surface area contributed by atoms with E-state index in [0.717, 1.165) is 31.8 Å². The standard InChI is InChI=1S/C16H20N2O2S/c1-2-17(11-14-4-3-8-20-14)12-16(19)18-7-5-15-13(10-18)6-9-21-15/h3-4,6,8-9H,2,5,7,10-12H2,1H3. The lowest BCUT2D eigenvalue weighted by Crippen LogP contribution is -2.42. The van der Waals surface area contributed by atoms with E-state index >= 15 is 0 Å². The van der Waals surface area contributed by atoms with Crippen molar-refractivity contribution in [3.8, 4) is 0 Å². The van der Waals surface area contributed by atoms with Crippen molar-refractivity contribution in [3.63, 3.8) is 0 Å². The minimum absolute atomic E-state index is 0.209. The lowest BCUT2D eigenvalue weighted by Gasteiger charge is -2.29. The molecule has 4 nitrogen and oxygen atoms in total. The van der Waals surface area contributed by atoms with E-state index in [0.29, 0.717) is 13.1 Å². The summed E-state index contributed by atoms with van der Waals surface area (Å²) < 4.78 is 5.36. The average molecular weight is 304 g/mol. The summed E-state index contributed by atoms with van der Waals surface area (Å²) in [6.07, 6.45) is 2.66. The third-order valence-electron chi connectivity index (χ3n) is 3.93. The number of carbonyl (C=O) groups is 1. The summed E-state index contributed by atoms with van der Waals surface area (Å²) in [5.41, 5.74) is 1.31. The zero-order valence-electron chi connectivity index (χ0n) is 12.2. The molecule has 0 radical (unpaired) electrons. The number of hydrogen-bond donors (Lipinski definition) is 0. The number of carbonyl (C=O) groups excluding carboxylic acids is 1. The SMILES string of the molecule is CCN(CC(=O)N1CCc2sccc2C1)Cc1ccco1. The summed E-state index contributed by atoms with van der Waals surface area (Å²) in [4.78, 5) is 18.0.